The predicted molar refractivity (Wildman–Crippen MR) is 63.3 cm³/mol. The minimum atomic E-state index is -0.471. The number of likely N-dealkylation sites (tertiary alicyclic amines) is 1. The van der Waals surface area contributed by atoms with Gasteiger partial charge < -0.3 is 4.55 Å². The van der Waals surface area contributed by atoms with E-state index in [0.29, 0.717) is 5.41 Å². The molecule has 3 aliphatic rings. The summed E-state index contributed by atoms with van der Waals surface area (Å²) in [5.74, 6) is 2.92. The van der Waals surface area contributed by atoms with Crippen LogP contribution in [0.1, 0.15) is 32.6 Å². The Kier molecular flexibility index (Phi) is 2.53. The molecule has 0 bridgehead atoms. The Bertz CT molecular complexity index is 252. The molecule has 15 heavy (non-hydrogen) atoms. The molecule has 3 fully saturated rings. The van der Waals surface area contributed by atoms with Gasteiger partial charge in [0.25, 0.3) is 0 Å². The van der Waals surface area contributed by atoms with Gasteiger partial charge in [-0.1, -0.05) is 18.1 Å². The maximum Gasteiger partial charge on any atom is 0.117 e. The van der Waals surface area contributed by atoms with E-state index in [4.69, 9.17) is 0 Å². The average Bonchev–Trinajstić information content (AvgIpc) is 2.71. The molecule has 3 rings (SSSR count). The first-order valence-electron chi connectivity index (χ1n) is 6.26. The maximum absolute atomic E-state index is 11.2. The Morgan fingerprint density at radius 3 is 2.73 bits per heavy atom. The zero-order valence-corrected chi connectivity index (χ0v) is 10.4. The van der Waals surface area contributed by atoms with Crippen molar-refractivity contribution in [3.63, 3.8) is 0 Å². The van der Waals surface area contributed by atoms with Crippen molar-refractivity contribution in [2.24, 2.45) is 11.3 Å². The van der Waals surface area contributed by atoms with Crippen molar-refractivity contribution >= 4 is 11.2 Å². The van der Waals surface area contributed by atoms with E-state index in [1.54, 1.807) is 0 Å². The normalized spacial score (nSPS) is 51.2. The van der Waals surface area contributed by atoms with Gasteiger partial charge in [-0.15, -0.1) is 0 Å². The lowest BCUT2D eigenvalue weighted by Gasteiger charge is -2.39. The maximum atomic E-state index is 11.2. The van der Waals surface area contributed by atoms with Crippen LogP contribution in [0.25, 0.3) is 0 Å². The van der Waals surface area contributed by atoms with Gasteiger partial charge in [0.15, 0.2) is 0 Å². The highest BCUT2D eigenvalue weighted by molar-refractivity contribution is 7.92. The molecule has 0 aromatic heterocycles. The molecule has 2 nitrogen and oxygen atoms in total. The fourth-order valence-corrected chi connectivity index (χ4v) is 5.42. The summed E-state index contributed by atoms with van der Waals surface area (Å²) in [6, 6.07) is 0.855. The lowest BCUT2D eigenvalue weighted by Crippen LogP contribution is -2.50. The molecule has 1 saturated carbocycles. The van der Waals surface area contributed by atoms with Gasteiger partial charge >= 0.3 is 0 Å². The van der Waals surface area contributed by atoms with Crippen molar-refractivity contribution in [2.45, 2.75) is 38.6 Å². The molecule has 1 aliphatic carbocycles. The van der Waals surface area contributed by atoms with Gasteiger partial charge in [0.1, 0.15) is 11.5 Å². The van der Waals surface area contributed by atoms with Gasteiger partial charge in [0, 0.05) is 12.6 Å². The molecule has 0 aromatic carbocycles. The van der Waals surface area contributed by atoms with Crippen LogP contribution in [0.3, 0.4) is 0 Å². The van der Waals surface area contributed by atoms with Crippen molar-refractivity contribution in [1.29, 1.82) is 0 Å². The Morgan fingerprint density at radius 1 is 1.33 bits per heavy atom. The van der Waals surface area contributed by atoms with E-state index in [2.05, 4.69) is 11.8 Å². The summed E-state index contributed by atoms with van der Waals surface area (Å²) >= 11 is -0.471. The quantitative estimate of drug-likeness (QED) is 0.636. The van der Waals surface area contributed by atoms with Crippen LogP contribution in [-0.4, -0.2) is 40.1 Å². The Labute approximate surface area is 95.6 Å². The lowest BCUT2D eigenvalue weighted by atomic mass is 9.91. The van der Waals surface area contributed by atoms with Crippen LogP contribution >= 0.6 is 0 Å². The average molecular weight is 227 g/mol. The van der Waals surface area contributed by atoms with Crippen LogP contribution in [-0.2, 0) is 11.2 Å². The highest BCUT2D eigenvalue weighted by Crippen LogP contribution is 2.43. The summed E-state index contributed by atoms with van der Waals surface area (Å²) in [6.07, 6.45) is 5.53. The summed E-state index contributed by atoms with van der Waals surface area (Å²) in [4.78, 5) is 2.69. The minimum Gasteiger partial charge on any atom is -0.616 e. The number of rotatable bonds is 1. The van der Waals surface area contributed by atoms with Gasteiger partial charge in [-0.05, 0) is 38.1 Å². The van der Waals surface area contributed by atoms with Crippen LogP contribution < -0.4 is 0 Å². The van der Waals surface area contributed by atoms with Crippen LogP contribution in [0.5, 0.6) is 0 Å². The number of hydrogen-bond acceptors (Lipinski definition) is 2. The second kappa shape index (κ2) is 3.64. The molecule has 86 valence electrons. The molecule has 0 N–H and O–H groups in total. The third-order valence-electron chi connectivity index (χ3n) is 4.59. The van der Waals surface area contributed by atoms with Crippen molar-refractivity contribution in [1.82, 2.24) is 4.90 Å². The Morgan fingerprint density at radius 2 is 2.13 bits per heavy atom. The molecule has 0 amide bonds. The largest absolute Gasteiger partial charge is 0.616 e. The SMILES string of the molecule is CC1CCC(N2CCC3(C2)C[S+]([O-])C3)C1. The summed E-state index contributed by atoms with van der Waals surface area (Å²) < 4.78 is 11.2. The van der Waals surface area contributed by atoms with E-state index in [-0.39, 0.29) is 0 Å². The molecule has 2 aliphatic heterocycles. The van der Waals surface area contributed by atoms with Gasteiger partial charge in [-0.3, -0.25) is 4.90 Å². The van der Waals surface area contributed by atoms with E-state index in [0.717, 1.165) is 23.5 Å². The monoisotopic (exact) mass is 227 g/mol. The zero-order chi connectivity index (χ0) is 10.5. The zero-order valence-electron chi connectivity index (χ0n) is 9.58. The number of hydrogen-bond donors (Lipinski definition) is 0. The summed E-state index contributed by atoms with van der Waals surface area (Å²) in [6.45, 7) is 4.90. The summed E-state index contributed by atoms with van der Waals surface area (Å²) in [5.41, 5.74) is 0.483. The first-order chi connectivity index (χ1) is 7.17. The van der Waals surface area contributed by atoms with Gasteiger partial charge in [-0.2, -0.15) is 0 Å². The molecule has 2 atom stereocenters. The predicted octanol–water partition coefficient (Wildman–Crippen LogP) is 1.63. The molecular weight excluding hydrogens is 206 g/mol. The van der Waals surface area contributed by atoms with Crippen LogP contribution in [0.4, 0.5) is 0 Å². The van der Waals surface area contributed by atoms with E-state index in [1.807, 2.05) is 0 Å². The lowest BCUT2D eigenvalue weighted by molar-refractivity contribution is 0.212. The fraction of sp³-hybridized carbons (Fsp3) is 1.00. The highest BCUT2D eigenvalue weighted by Gasteiger charge is 2.53. The number of nitrogens with zero attached hydrogens (tertiary/aromatic N) is 1. The molecule has 2 saturated heterocycles. The fourth-order valence-electron chi connectivity index (χ4n) is 3.67. The van der Waals surface area contributed by atoms with E-state index < -0.39 is 11.2 Å². The highest BCUT2D eigenvalue weighted by atomic mass is 32.2. The molecule has 1 spiro atoms. The standard InChI is InChI=1S/C12H21NOS/c1-10-2-3-11(6-10)13-5-4-12(7-13)8-15(14)9-12/h10-11H,2-9H2,1H3. The first-order valence-corrected chi connectivity index (χ1v) is 7.75. The Balaban J connectivity index is 1.57. The second-order valence-electron chi connectivity index (χ2n) is 6.02. The molecule has 2 unspecified atom stereocenters. The minimum absolute atomic E-state index is 0.471. The molecule has 3 heteroatoms. The van der Waals surface area contributed by atoms with Crippen molar-refractivity contribution in [3.8, 4) is 0 Å². The first kappa shape index (κ1) is 10.4. The topological polar surface area (TPSA) is 26.3 Å². The summed E-state index contributed by atoms with van der Waals surface area (Å²) in [5, 5.41) is 0. The van der Waals surface area contributed by atoms with E-state index >= 15 is 0 Å². The van der Waals surface area contributed by atoms with Crippen LogP contribution in [0, 0.1) is 11.3 Å². The third kappa shape index (κ3) is 1.83. The molecular formula is C12H21NOS. The van der Waals surface area contributed by atoms with Crippen LogP contribution in [0.2, 0.25) is 0 Å². The van der Waals surface area contributed by atoms with Crippen molar-refractivity contribution in [3.05, 3.63) is 0 Å². The Hall–Kier alpha value is 0.270. The van der Waals surface area contributed by atoms with E-state index in [9.17, 15) is 4.55 Å². The van der Waals surface area contributed by atoms with Gasteiger partial charge in [0.2, 0.25) is 0 Å². The van der Waals surface area contributed by atoms with E-state index in [1.165, 1.54) is 38.8 Å². The van der Waals surface area contributed by atoms with Crippen molar-refractivity contribution in [2.75, 3.05) is 24.6 Å². The smallest absolute Gasteiger partial charge is 0.117 e. The third-order valence-corrected chi connectivity index (χ3v) is 6.45. The molecule has 2 heterocycles. The van der Waals surface area contributed by atoms with Crippen molar-refractivity contribution < 1.29 is 4.55 Å². The summed E-state index contributed by atoms with van der Waals surface area (Å²) in [7, 11) is 0. The van der Waals surface area contributed by atoms with Gasteiger partial charge in [-0.25, -0.2) is 0 Å². The van der Waals surface area contributed by atoms with Crippen LogP contribution in [0.15, 0.2) is 0 Å². The molecule has 0 radical (unpaired) electrons. The molecule has 0 aromatic rings. The second-order valence-corrected chi connectivity index (χ2v) is 7.48. The van der Waals surface area contributed by atoms with Gasteiger partial charge in [0.05, 0.1) is 5.41 Å².